The quantitative estimate of drug-likeness (QED) is 0.453. The van der Waals surface area contributed by atoms with E-state index in [1.165, 1.54) is 21.6 Å². The average Bonchev–Trinajstić information content (AvgIpc) is 3.29. The second kappa shape index (κ2) is 7.42. The first-order valence-corrected chi connectivity index (χ1v) is 9.97. The number of hydrogen-bond acceptors (Lipinski definition) is 7. The lowest BCUT2D eigenvalue weighted by atomic mass is 9.82. The van der Waals surface area contributed by atoms with Crippen LogP contribution in [0.1, 0.15) is 29.6 Å². The summed E-state index contributed by atoms with van der Waals surface area (Å²) in [6, 6.07) is 11.6. The van der Waals surface area contributed by atoms with Gasteiger partial charge in [-0.1, -0.05) is 30.3 Å². The van der Waals surface area contributed by atoms with Crippen LogP contribution in [0.3, 0.4) is 0 Å². The topological polar surface area (TPSA) is 129 Å². The van der Waals surface area contributed by atoms with Gasteiger partial charge in [0.05, 0.1) is 4.92 Å². The third-order valence-corrected chi connectivity index (χ3v) is 6.07. The first-order chi connectivity index (χ1) is 15.0. The Morgan fingerprint density at radius 1 is 1.13 bits per heavy atom. The van der Waals surface area contributed by atoms with E-state index in [0.717, 1.165) is 17.7 Å². The molecular formula is C20H19N7O4. The maximum Gasteiger partial charge on any atom is 0.334 e. The number of likely N-dealkylation sites (tertiary alicyclic amines) is 1. The zero-order valence-corrected chi connectivity index (χ0v) is 16.4. The fourth-order valence-electron chi connectivity index (χ4n) is 4.76. The molecule has 5 rings (SSSR count). The number of carbonyl (C=O) groups excluding carboxylic acids is 1. The number of amides is 1. The van der Waals surface area contributed by atoms with Gasteiger partial charge in [-0.3, -0.25) is 19.7 Å². The molecule has 0 aliphatic carbocycles. The van der Waals surface area contributed by atoms with Crippen LogP contribution in [-0.4, -0.2) is 53.6 Å². The smallest absolute Gasteiger partial charge is 0.334 e. The highest BCUT2D eigenvalue weighted by molar-refractivity contribution is 5.83. The second-order valence-corrected chi connectivity index (χ2v) is 7.96. The summed E-state index contributed by atoms with van der Waals surface area (Å²) in [5.41, 5.74) is 0.526. The minimum Gasteiger partial charge on any atom is -0.340 e. The summed E-state index contributed by atoms with van der Waals surface area (Å²) < 4.78 is 2.96. The SMILES string of the molecule is O=C([C@H](c1ccccc1)n1cnnn1)N1CC2CC(C1)c1ccc([N+](=O)[O-])c(=O)n1C2. The van der Waals surface area contributed by atoms with E-state index in [9.17, 15) is 19.7 Å². The van der Waals surface area contributed by atoms with E-state index in [1.54, 1.807) is 11.0 Å². The predicted molar refractivity (Wildman–Crippen MR) is 107 cm³/mol. The fraction of sp³-hybridized carbons (Fsp3) is 0.350. The van der Waals surface area contributed by atoms with Crippen molar-refractivity contribution in [2.45, 2.75) is 24.9 Å². The highest BCUT2D eigenvalue weighted by atomic mass is 16.6. The molecule has 1 aromatic carbocycles. The molecule has 0 saturated carbocycles. The number of aromatic nitrogens is 5. The van der Waals surface area contributed by atoms with Gasteiger partial charge in [-0.2, -0.15) is 0 Å². The largest absolute Gasteiger partial charge is 0.340 e. The molecule has 2 aliphatic rings. The molecule has 4 heterocycles. The van der Waals surface area contributed by atoms with Crippen molar-refractivity contribution in [2.24, 2.45) is 5.92 Å². The molecule has 0 radical (unpaired) electrons. The number of fused-ring (bicyclic) bond motifs is 4. The van der Waals surface area contributed by atoms with Crippen LogP contribution >= 0.6 is 0 Å². The first kappa shape index (κ1) is 19.1. The summed E-state index contributed by atoms with van der Waals surface area (Å²) >= 11 is 0. The van der Waals surface area contributed by atoms with Crippen LogP contribution in [0.2, 0.25) is 0 Å². The van der Waals surface area contributed by atoms with E-state index in [0.29, 0.717) is 19.6 Å². The first-order valence-electron chi connectivity index (χ1n) is 9.97. The van der Waals surface area contributed by atoms with Gasteiger partial charge in [-0.25, -0.2) is 4.68 Å². The summed E-state index contributed by atoms with van der Waals surface area (Å²) in [6.07, 6.45) is 2.26. The van der Waals surface area contributed by atoms with Gasteiger partial charge in [0.2, 0.25) is 0 Å². The molecule has 11 nitrogen and oxygen atoms in total. The van der Waals surface area contributed by atoms with Crippen molar-refractivity contribution in [3.63, 3.8) is 0 Å². The minimum absolute atomic E-state index is 0.0419. The molecule has 2 bridgehead atoms. The van der Waals surface area contributed by atoms with Crippen LogP contribution in [0.4, 0.5) is 5.69 Å². The zero-order valence-electron chi connectivity index (χ0n) is 16.4. The summed E-state index contributed by atoms with van der Waals surface area (Å²) in [4.78, 5) is 38.5. The maximum atomic E-state index is 13.6. The fourth-order valence-corrected chi connectivity index (χ4v) is 4.76. The van der Waals surface area contributed by atoms with Crippen LogP contribution in [0, 0.1) is 16.0 Å². The molecule has 3 atom stereocenters. The van der Waals surface area contributed by atoms with Crippen LogP contribution in [-0.2, 0) is 11.3 Å². The highest BCUT2D eigenvalue weighted by Crippen LogP contribution is 2.36. The molecule has 2 aliphatic heterocycles. The van der Waals surface area contributed by atoms with Crippen molar-refractivity contribution in [3.05, 3.63) is 80.5 Å². The van der Waals surface area contributed by atoms with Gasteiger partial charge in [-0.15, -0.1) is 5.10 Å². The Hall–Kier alpha value is -3.89. The van der Waals surface area contributed by atoms with Gasteiger partial charge in [0.1, 0.15) is 6.33 Å². The molecule has 2 unspecified atom stereocenters. The van der Waals surface area contributed by atoms with Gasteiger partial charge >= 0.3 is 11.2 Å². The van der Waals surface area contributed by atoms with Crippen LogP contribution < -0.4 is 5.56 Å². The number of nitro groups is 1. The number of rotatable bonds is 4. The monoisotopic (exact) mass is 421 g/mol. The van der Waals surface area contributed by atoms with Crippen LogP contribution in [0.5, 0.6) is 0 Å². The summed E-state index contributed by atoms with van der Waals surface area (Å²) in [5, 5.41) is 22.5. The number of carbonyl (C=O) groups is 1. The number of piperidine rings is 1. The van der Waals surface area contributed by atoms with E-state index in [-0.39, 0.29) is 17.7 Å². The minimum atomic E-state index is -0.686. The summed E-state index contributed by atoms with van der Waals surface area (Å²) in [6.45, 7) is 1.25. The lowest BCUT2D eigenvalue weighted by Crippen LogP contribution is -2.51. The van der Waals surface area contributed by atoms with E-state index in [4.69, 9.17) is 0 Å². The van der Waals surface area contributed by atoms with Crippen molar-refractivity contribution in [2.75, 3.05) is 13.1 Å². The molecule has 3 aromatic rings. The molecular weight excluding hydrogens is 402 g/mol. The third-order valence-electron chi connectivity index (χ3n) is 6.07. The Balaban J connectivity index is 1.47. The normalized spacial score (nSPS) is 20.7. The molecule has 1 amide bonds. The number of benzene rings is 1. The molecule has 31 heavy (non-hydrogen) atoms. The average molecular weight is 421 g/mol. The Morgan fingerprint density at radius 2 is 1.94 bits per heavy atom. The number of hydrogen-bond donors (Lipinski definition) is 0. The number of nitrogens with zero attached hydrogens (tertiary/aromatic N) is 7. The highest BCUT2D eigenvalue weighted by Gasteiger charge is 2.40. The van der Waals surface area contributed by atoms with E-state index in [2.05, 4.69) is 15.5 Å². The summed E-state index contributed by atoms with van der Waals surface area (Å²) in [5.74, 6) is -0.138. The maximum absolute atomic E-state index is 13.6. The number of tetrazole rings is 1. The summed E-state index contributed by atoms with van der Waals surface area (Å²) in [7, 11) is 0. The van der Waals surface area contributed by atoms with Crippen molar-refractivity contribution < 1.29 is 9.72 Å². The molecule has 11 heteroatoms. The van der Waals surface area contributed by atoms with Gasteiger partial charge < -0.3 is 9.47 Å². The van der Waals surface area contributed by atoms with Crippen molar-refractivity contribution in [3.8, 4) is 0 Å². The lowest BCUT2D eigenvalue weighted by Gasteiger charge is -2.43. The van der Waals surface area contributed by atoms with E-state index >= 15 is 0 Å². The van der Waals surface area contributed by atoms with E-state index < -0.39 is 22.2 Å². The molecule has 0 N–H and O–H groups in total. The van der Waals surface area contributed by atoms with Gasteiger partial charge in [0, 0.05) is 37.3 Å². The molecule has 0 spiro atoms. The van der Waals surface area contributed by atoms with Crippen molar-refractivity contribution in [1.29, 1.82) is 0 Å². The Morgan fingerprint density at radius 3 is 2.65 bits per heavy atom. The predicted octanol–water partition coefficient (Wildman–Crippen LogP) is 0.978. The second-order valence-electron chi connectivity index (χ2n) is 7.96. The molecule has 1 saturated heterocycles. The number of pyridine rings is 1. The third kappa shape index (κ3) is 3.27. The molecule has 158 valence electrons. The Labute approximate surface area is 176 Å². The molecule has 2 aromatic heterocycles. The Bertz CT molecular complexity index is 1190. The van der Waals surface area contributed by atoms with Gasteiger partial charge in [0.25, 0.3) is 5.91 Å². The van der Waals surface area contributed by atoms with Crippen LogP contribution in [0.15, 0.2) is 53.6 Å². The Kier molecular flexibility index (Phi) is 4.57. The molecule has 1 fully saturated rings. The van der Waals surface area contributed by atoms with Crippen molar-refractivity contribution in [1.82, 2.24) is 29.7 Å². The van der Waals surface area contributed by atoms with Gasteiger partial charge in [0.15, 0.2) is 6.04 Å². The van der Waals surface area contributed by atoms with Gasteiger partial charge in [-0.05, 0) is 34.4 Å². The zero-order chi connectivity index (χ0) is 21.5. The van der Waals surface area contributed by atoms with Crippen molar-refractivity contribution >= 4 is 11.6 Å². The standard InChI is InChI=1S/C20H19N7O4/c28-19-17(27(30)31)7-6-16-15-8-13(10-25(16)19)9-24(11-15)20(29)18(26-12-21-22-23-26)14-4-2-1-3-5-14/h1-7,12-13,15,18H,8-11H2/t13?,15?,18-/m0/s1. The van der Waals surface area contributed by atoms with Crippen LogP contribution in [0.25, 0.3) is 0 Å². The van der Waals surface area contributed by atoms with E-state index in [1.807, 2.05) is 30.3 Å². The lowest BCUT2D eigenvalue weighted by molar-refractivity contribution is -0.386.